The van der Waals surface area contributed by atoms with Gasteiger partial charge in [-0.3, -0.25) is 30.3 Å². The summed E-state index contributed by atoms with van der Waals surface area (Å²) in [4.78, 5) is 31.4. The van der Waals surface area contributed by atoms with Gasteiger partial charge >= 0.3 is 0 Å². The van der Waals surface area contributed by atoms with Crippen molar-refractivity contribution in [2.45, 2.75) is 44.1 Å². The van der Waals surface area contributed by atoms with Crippen molar-refractivity contribution < 1.29 is 29.6 Å². The highest BCUT2D eigenvalue weighted by Gasteiger charge is 2.43. The number of nitrogens with zero attached hydrogens (tertiary/aromatic N) is 3. The van der Waals surface area contributed by atoms with Crippen LogP contribution >= 0.6 is 0 Å². The summed E-state index contributed by atoms with van der Waals surface area (Å²) in [6.07, 6.45) is 7.56. The molecule has 0 saturated heterocycles. The number of hydrogen-bond donors (Lipinski definition) is 1. The predicted molar refractivity (Wildman–Crippen MR) is 119 cm³/mol. The lowest BCUT2D eigenvalue weighted by Gasteiger charge is -2.26. The van der Waals surface area contributed by atoms with Crippen molar-refractivity contribution in [1.29, 1.82) is 0 Å². The van der Waals surface area contributed by atoms with Crippen molar-refractivity contribution in [2.75, 3.05) is 13.7 Å². The van der Waals surface area contributed by atoms with E-state index in [4.69, 9.17) is 4.74 Å². The molecule has 1 saturated carbocycles. The minimum absolute atomic E-state index is 0.345. The highest BCUT2D eigenvalue weighted by molar-refractivity contribution is 5.98. The number of benzene rings is 2. The summed E-state index contributed by atoms with van der Waals surface area (Å²) in [5.74, 6) is -1.46. The number of non-ortho nitro benzene ring substituents is 1. The molecule has 12 nitrogen and oxygen atoms in total. The van der Waals surface area contributed by atoms with Crippen LogP contribution in [0, 0.1) is 30.3 Å². The fraction of sp³-hybridized carbons (Fsp3) is 0.409. The minimum atomic E-state index is -1.46. The predicted octanol–water partition coefficient (Wildman–Crippen LogP) is 1.95. The Balaban J connectivity index is 0.000000192. The van der Waals surface area contributed by atoms with Gasteiger partial charge < -0.3 is 9.84 Å². The molecular formula is C22H24N4O8. The van der Waals surface area contributed by atoms with Crippen molar-refractivity contribution in [1.82, 2.24) is 0 Å². The number of hydrogen-bond acceptors (Lipinski definition) is 8. The van der Waals surface area contributed by atoms with E-state index < -0.39 is 37.6 Å². The van der Waals surface area contributed by atoms with Crippen LogP contribution in [0.5, 0.6) is 5.75 Å². The topological polar surface area (TPSA) is 176 Å². The zero-order valence-corrected chi connectivity index (χ0v) is 18.5. The van der Waals surface area contributed by atoms with Gasteiger partial charge in [-0.05, 0) is 24.5 Å². The maximum Gasteiger partial charge on any atom is 0.283 e. The van der Waals surface area contributed by atoms with Gasteiger partial charge in [0.2, 0.25) is 0 Å². The van der Waals surface area contributed by atoms with Gasteiger partial charge in [0.05, 0.1) is 45.7 Å². The number of nitro groups is 3. The summed E-state index contributed by atoms with van der Waals surface area (Å²) in [5.41, 5.74) is 1.40. The zero-order valence-electron chi connectivity index (χ0n) is 18.5. The fourth-order valence-electron chi connectivity index (χ4n) is 4.48. The molecule has 1 fully saturated rings. The molecule has 0 atom stereocenters. The van der Waals surface area contributed by atoms with Gasteiger partial charge in [0.15, 0.2) is 11.3 Å². The number of nitrogens with one attached hydrogen (secondary N) is 1. The van der Waals surface area contributed by atoms with Gasteiger partial charge in [0, 0.05) is 31.9 Å². The molecule has 0 bridgehead atoms. The van der Waals surface area contributed by atoms with Crippen molar-refractivity contribution in [3.05, 3.63) is 77.9 Å². The molecule has 1 aliphatic heterocycles. The second-order valence-electron chi connectivity index (χ2n) is 8.25. The van der Waals surface area contributed by atoms with Crippen LogP contribution < -0.4 is 10.1 Å². The van der Waals surface area contributed by atoms with Crippen molar-refractivity contribution in [3.63, 3.8) is 0 Å². The lowest BCUT2D eigenvalue weighted by Crippen LogP contribution is -2.89. The van der Waals surface area contributed by atoms with Crippen molar-refractivity contribution in [2.24, 2.45) is 0 Å². The average Bonchev–Trinajstić information content (AvgIpc) is 3.24. The largest absolute Gasteiger partial charge is 0.863 e. The Labute approximate surface area is 194 Å². The van der Waals surface area contributed by atoms with Gasteiger partial charge in [-0.1, -0.05) is 18.2 Å². The molecule has 2 aromatic rings. The van der Waals surface area contributed by atoms with Gasteiger partial charge in [0.1, 0.15) is 0 Å². The molecule has 1 aliphatic carbocycles. The first-order chi connectivity index (χ1) is 16.2. The van der Waals surface area contributed by atoms with Crippen LogP contribution in [-0.2, 0) is 11.2 Å². The third kappa shape index (κ3) is 5.34. The van der Waals surface area contributed by atoms with Gasteiger partial charge in [-0.25, -0.2) is 4.99 Å². The highest BCUT2D eigenvalue weighted by atomic mass is 16.6. The molecule has 1 heterocycles. The maximum atomic E-state index is 11.1. The average molecular weight is 472 g/mol. The number of fused-ring (bicyclic) bond motifs is 1. The van der Waals surface area contributed by atoms with E-state index in [0.29, 0.717) is 17.7 Å². The smallest absolute Gasteiger partial charge is 0.283 e. The summed E-state index contributed by atoms with van der Waals surface area (Å²) in [7, 11) is 1.78. The molecule has 0 aromatic heterocycles. The fourth-order valence-corrected chi connectivity index (χ4v) is 4.48. The Bertz CT molecular complexity index is 1110. The zero-order chi connectivity index (χ0) is 24.9. The van der Waals surface area contributed by atoms with Gasteiger partial charge in [-0.15, -0.1) is 0 Å². The lowest BCUT2D eigenvalue weighted by molar-refractivity contribution is -0.555. The second kappa shape index (κ2) is 10.3. The third-order valence-corrected chi connectivity index (χ3v) is 6.04. The molecule has 1 spiro atoms. The van der Waals surface area contributed by atoms with E-state index in [9.17, 15) is 35.4 Å². The van der Waals surface area contributed by atoms with Crippen LogP contribution in [0.1, 0.15) is 43.2 Å². The molecule has 2 aromatic carbocycles. The molecular weight excluding hydrogens is 448 g/mol. The maximum absolute atomic E-state index is 11.1. The molecule has 1 N–H and O–H groups in total. The number of nitro benzene ring substituents is 3. The molecule has 0 amide bonds. The first-order valence-electron chi connectivity index (χ1n) is 10.7. The van der Waals surface area contributed by atoms with Gasteiger partial charge in [0.25, 0.3) is 17.1 Å². The molecule has 2 aliphatic rings. The standard InChI is InChI=1S/C16H21NO.C6H3N3O7/c1-18-11-8-15-14-7-3-2-6-13(14)12-16(17-15)9-4-5-10-16;10-6-4(8(13)14)1-3(7(11)12)2-5(6)9(15)16/h2-3,6-7H,4-5,8-12H2,1H3;1-2,10H. The SMILES string of the molecule is COCCC1=[NH+]C2(CCCC2)Cc2ccccc21.O=[N+]([O-])c1cc([N+](=O)[O-])c([O-])c([N+](=O)[O-])c1. The number of rotatable bonds is 6. The van der Waals surface area contributed by atoms with Crippen LogP contribution in [-0.4, -0.2) is 39.7 Å². The Hall–Kier alpha value is -3.93. The van der Waals surface area contributed by atoms with E-state index in [0.717, 1.165) is 13.0 Å². The summed E-state index contributed by atoms with van der Waals surface area (Å²) in [6, 6.07) is 9.61. The van der Waals surface area contributed by atoms with Gasteiger partial charge in [-0.2, -0.15) is 0 Å². The monoisotopic (exact) mass is 472 g/mol. The summed E-state index contributed by atoms with van der Waals surface area (Å²) in [6.45, 7) is 0.798. The van der Waals surface area contributed by atoms with Crippen LogP contribution in [0.4, 0.5) is 17.1 Å². The lowest BCUT2D eigenvalue weighted by atomic mass is 9.82. The van der Waals surface area contributed by atoms with Crippen molar-refractivity contribution in [3.8, 4) is 5.75 Å². The number of ether oxygens (including phenoxy) is 1. The molecule has 4 rings (SSSR count). The third-order valence-electron chi connectivity index (χ3n) is 6.04. The van der Waals surface area contributed by atoms with Crippen LogP contribution in [0.3, 0.4) is 0 Å². The van der Waals surface area contributed by atoms with E-state index in [1.54, 1.807) is 7.11 Å². The van der Waals surface area contributed by atoms with Crippen molar-refractivity contribution >= 4 is 22.8 Å². The molecule has 180 valence electrons. The van der Waals surface area contributed by atoms with E-state index in [1.807, 2.05) is 0 Å². The van der Waals surface area contributed by atoms with E-state index >= 15 is 0 Å². The Morgan fingerprint density at radius 2 is 1.56 bits per heavy atom. The highest BCUT2D eigenvalue weighted by Crippen LogP contribution is 2.37. The molecule has 0 radical (unpaired) electrons. The molecule has 0 unspecified atom stereocenters. The van der Waals surface area contributed by atoms with Crippen LogP contribution in [0.15, 0.2) is 36.4 Å². The van der Waals surface area contributed by atoms with Crippen LogP contribution in [0.2, 0.25) is 0 Å². The van der Waals surface area contributed by atoms with E-state index in [-0.39, 0.29) is 0 Å². The van der Waals surface area contributed by atoms with Crippen LogP contribution in [0.25, 0.3) is 0 Å². The first kappa shape index (κ1) is 24.7. The molecule has 34 heavy (non-hydrogen) atoms. The normalized spacial score (nSPS) is 15.6. The minimum Gasteiger partial charge on any atom is -0.863 e. The second-order valence-corrected chi connectivity index (χ2v) is 8.25. The molecule has 12 heteroatoms. The Morgan fingerprint density at radius 3 is 2.09 bits per heavy atom. The van der Waals surface area contributed by atoms with E-state index in [2.05, 4.69) is 29.3 Å². The number of methoxy groups -OCH3 is 1. The summed E-state index contributed by atoms with van der Waals surface area (Å²) < 4.78 is 5.25. The first-order valence-corrected chi connectivity index (χ1v) is 10.7. The summed E-state index contributed by atoms with van der Waals surface area (Å²) in [5, 5.41) is 42.1. The summed E-state index contributed by atoms with van der Waals surface area (Å²) >= 11 is 0. The quantitative estimate of drug-likeness (QED) is 0.490. The Morgan fingerprint density at radius 1 is 0.971 bits per heavy atom. The van der Waals surface area contributed by atoms with E-state index in [1.165, 1.54) is 48.9 Å². The Kier molecular flexibility index (Phi) is 7.51.